The van der Waals surface area contributed by atoms with Crippen molar-refractivity contribution in [3.8, 4) is 11.5 Å². The van der Waals surface area contributed by atoms with Gasteiger partial charge in [0.05, 0.1) is 13.7 Å². The molecule has 0 aliphatic carbocycles. The molecule has 1 N–H and O–H groups in total. The summed E-state index contributed by atoms with van der Waals surface area (Å²) in [7, 11) is 1.64. The number of hydrogen-bond donors (Lipinski definition) is 1. The average Bonchev–Trinajstić information content (AvgIpc) is 2.59. The first-order valence-corrected chi connectivity index (χ1v) is 8.45. The highest BCUT2D eigenvalue weighted by Gasteiger charge is 2.03. The Kier molecular flexibility index (Phi) is 9.87. The van der Waals surface area contributed by atoms with Crippen LogP contribution in [0.4, 0.5) is 0 Å². The molecule has 0 spiro atoms. The van der Waals surface area contributed by atoms with Crippen LogP contribution < -0.4 is 14.8 Å². The van der Waals surface area contributed by atoms with Crippen molar-refractivity contribution >= 4 is 5.91 Å². The maximum atomic E-state index is 11.7. The molecule has 1 aromatic rings. The third kappa shape index (κ3) is 8.45. The average molecular weight is 322 g/mol. The van der Waals surface area contributed by atoms with E-state index in [1.54, 1.807) is 7.11 Å². The number of nitrogens with one attached hydrogen (secondary N) is 1. The Labute approximate surface area is 140 Å². The van der Waals surface area contributed by atoms with Crippen LogP contribution in [0.2, 0.25) is 0 Å². The Morgan fingerprint density at radius 3 is 2.35 bits per heavy atom. The molecule has 1 amide bonds. The van der Waals surface area contributed by atoms with E-state index in [1.165, 1.54) is 0 Å². The van der Waals surface area contributed by atoms with Crippen molar-refractivity contribution in [2.75, 3.05) is 39.9 Å². The Bertz CT molecular complexity index is 430. The van der Waals surface area contributed by atoms with Crippen LogP contribution >= 0.6 is 0 Å². The summed E-state index contributed by atoms with van der Waals surface area (Å²) in [5.74, 6) is 1.70. The minimum absolute atomic E-state index is 0.0999. The topological polar surface area (TPSA) is 50.8 Å². The fourth-order valence-corrected chi connectivity index (χ4v) is 2.25. The highest BCUT2D eigenvalue weighted by atomic mass is 16.5. The number of methoxy groups -OCH3 is 1. The maximum Gasteiger partial charge on any atom is 0.220 e. The van der Waals surface area contributed by atoms with Crippen molar-refractivity contribution in [2.24, 2.45) is 0 Å². The van der Waals surface area contributed by atoms with Crippen molar-refractivity contribution < 1.29 is 14.3 Å². The molecule has 0 radical (unpaired) electrons. The molecule has 0 aromatic heterocycles. The van der Waals surface area contributed by atoms with Gasteiger partial charge in [-0.05, 0) is 56.7 Å². The van der Waals surface area contributed by atoms with Gasteiger partial charge in [-0.1, -0.05) is 13.8 Å². The molecule has 0 aliphatic heterocycles. The molecule has 0 atom stereocenters. The lowest BCUT2D eigenvalue weighted by Gasteiger charge is -2.17. The van der Waals surface area contributed by atoms with Crippen LogP contribution in [0, 0.1) is 0 Å². The van der Waals surface area contributed by atoms with E-state index >= 15 is 0 Å². The summed E-state index contributed by atoms with van der Waals surface area (Å²) in [5, 5.41) is 2.96. The van der Waals surface area contributed by atoms with Gasteiger partial charge in [-0.15, -0.1) is 0 Å². The van der Waals surface area contributed by atoms with E-state index < -0.39 is 0 Å². The normalized spacial score (nSPS) is 10.6. The molecule has 0 bridgehead atoms. The molecular weight excluding hydrogens is 292 g/mol. The quantitative estimate of drug-likeness (QED) is 0.601. The second kappa shape index (κ2) is 11.8. The molecular formula is C18H30N2O3. The number of benzene rings is 1. The molecule has 0 saturated heterocycles. The standard InChI is InChI=1S/C18H30N2O3/c1-4-20(5-2)14-7-13-19-18(21)8-6-15-23-17-11-9-16(22-3)10-12-17/h9-12H,4-8,13-15H2,1-3H3,(H,19,21). The summed E-state index contributed by atoms with van der Waals surface area (Å²) in [6, 6.07) is 7.45. The van der Waals surface area contributed by atoms with Crippen LogP contribution in [0.15, 0.2) is 24.3 Å². The molecule has 0 unspecified atom stereocenters. The van der Waals surface area contributed by atoms with E-state index in [0.717, 1.165) is 44.1 Å². The first-order chi connectivity index (χ1) is 11.2. The Balaban J connectivity index is 2.05. The minimum Gasteiger partial charge on any atom is -0.497 e. The van der Waals surface area contributed by atoms with Crippen LogP contribution in [0.3, 0.4) is 0 Å². The third-order valence-electron chi connectivity index (χ3n) is 3.74. The Morgan fingerprint density at radius 2 is 1.74 bits per heavy atom. The molecule has 1 aromatic carbocycles. The number of ether oxygens (including phenoxy) is 2. The van der Waals surface area contributed by atoms with E-state index in [-0.39, 0.29) is 5.91 Å². The summed E-state index contributed by atoms with van der Waals surface area (Å²) in [6.45, 7) is 8.76. The van der Waals surface area contributed by atoms with Crippen LogP contribution in [0.5, 0.6) is 11.5 Å². The van der Waals surface area contributed by atoms with Gasteiger partial charge in [0.25, 0.3) is 0 Å². The van der Waals surface area contributed by atoms with E-state index in [1.807, 2.05) is 24.3 Å². The predicted octanol–water partition coefficient (Wildman–Crippen LogP) is 2.70. The van der Waals surface area contributed by atoms with Gasteiger partial charge in [-0.25, -0.2) is 0 Å². The zero-order valence-corrected chi connectivity index (χ0v) is 14.6. The molecule has 130 valence electrons. The van der Waals surface area contributed by atoms with Crippen molar-refractivity contribution in [3.63, 3.8) is 0 Å². The first-order valence-electron chi connectivity index (χ1n) is 8.45. The summed E-state index contributed by atoms with van der Waals surface area (Å²) in [6.07, 6.45) is 2.21. The van der Waals surface area contributed by atoms with Gasteiger partial charge in [-0.3, -0.25) is 4.79 Å². The molecule has 0 saturated carbocycles. The van der Waals surface area contributed by atoms with Crippen LogP contribution in [0.1, 0.15) is 33.1 Å². The molecule has 0 fully saturated rings. The Hall–Kier alpha value is -1.75. The monoisotopic (exact) mass is 322 g/mol. The van der Waals surface area contributed by atoms with Crippen molar-refractivity contribution in [1.29, 1.82) is 0 Å². The van der Waals surface area contributed by atoms with Crippen molar-refractivity contribution in [2.45, 2.75) is 33.1 Å². The highest BCUT2D eigenvalue weighted by molar-refractivity contribution is 5.75. The second-order valence-electron chi connectivity index (χ2n) is 5.36. The van der Waals surface area contributed by atoms with E-state index in [4.69, 9.17) is 9.47 Å². The maximum absolute atomic E-state index is 11.7. The summed E-state index contributed by atoms with van der Waals surface area (Å²) >= 11 is 0. The number of carbonyl (C=O) groups excluding carboxylic acids is 1. The SMILES string of the molecule is CCN(CC)CCCNC(=O)CCCOc1ccc(OC)cc1. The van der Waals surface area contributed by atoms with Crippen molar-refractivity contribution in [1.82, 2.24) is 10.2 Å². The summed E-state index contributed by atoms with van der Waals surface area (Å²) in [5.41, 5.74) is 0. The Morgan fingerprint density at radius 1 is 1.09 bits per heavy atom. The smallest absolute Gasteiger partial charge is 0.220 e. The molecule has 5 nitrogen and oxygen atoms in total. The van der Waals surface area contributed by atoms with Crippen molar-refractivity contribution in [3.05, 3.63) is 24.3 Å². The number of hydrogen-bond acceptors (Lipinski definition) is 4. The predicted molar refractivity (Wildman–Crippen MR) is 93.1 cm³/mol. The van der Waals surface area contributed by atoms with Gasteiger partial charge < -0.3 is 19.7 Å². The van der Waals surface area contributed by atoms with E-state index in [2.05, 4.69) is 24.1 Å². The summed E-state index contributed by atoms with van der Waals surface area (Å²) in [4.78, 5) is 14.1. The van der Waals surface area contributed by atoms with Gasteiger partial charge >= 0.3 is 0 Å². The zero-order chi connectivity index (χ0) is 16.9. The zero-order valence-electron chi connectivity index (χ0n) is 14.6. The van der Waals surface area contributed by atoms with Crippen LogP contribution in [-0.4, -0.2) is 50.7 Å². The molecule has 23 heavy (non-hydrogen) atoms. The van der Waals surface area contributed by atoms with Crippen LogP contribution in [-0.2, 0) is 4.79 Å². The highest BCUT2D eigenvalue weighted by Crippen LogP contribution is 2.17. The fourth-order valence-electron chi connectivity index (χ4n) is 2.25. The number of rotatable bonds is 12. The lowest BCUT2D eigenvalue weighted by Crippen LogP contribution is -2.29. The molecule has 0 aliphatic rings. The third-order valence-corrected chi connectivity index (χ3v) is 3.74. The van der Waals surface area contributed by atoms with E-state index in [9.17, 15) is 4.79 Å². The van der Waals surface area contributed by atoms with Gasteiger partial charge in [0.2, 0.25) is 5.91 Å². The first kappa shape index (κ1) is 19.3. The van der Waals surface area contributed by atoms with E-state index in [0.29, 0.717) is 19.4 Å². The fraction of sp³-hybridized carbons (Fsp3) is 0.611. The second-order valence-corrected chi connectivity index (χ2v) is 5.36. The van der Waals surface area contributed by atoms with Crippen LogP contribution in [0.25, 0.3) is 0 Å². The largest absolute Gasteiger partial charge is 0.497 e. The number of amides is 1. The van der Waals surface area contributed by atoms with Gasteiger partial charge in [0, 0.05) is 13.0 Å². The lowest BCUT2D eigenvalue weighted by atomic mass is 10.3. The van der Waals surface area contributed by atoms with Gasteiger partial charge in [0.15, 0.2) is 0 Å². The van der Waals surface area contributed by atoms with Gasteiger partial charge in [-0.2, -0.15) is 0 Å². The van der Waals surface area contributed by atoms with Gasteiger partial charge in [0.1, 0.15) is 11.5 Å². The lowest BCUT2D eigenvalue weighted by molar-refractivity contribution is -0.121. The summed E-state index contributed by atoms with van der Waals surface area (Å²) < 4.78 is 10.7. The minimum atomic E-state index is 0.0999. The number of nitrogens with zero attached hydrogens (tertiary/aromatic N) is 1. The molecule has 0 heterocycles. The molecule has 5 heteroatoms. The molecule has 1 rings (SSSR count). The number of carbonyl (C=O) groups is 1.